The highest BCUT2D eigenvalue weighted by Gasteiger charge is 2.06. The Bertz CT molecular complexity index is 988. The standard InChI is InChI=1S/C22H21FN4O2/c1-15-12-18(10-11-24-15)21(28)25-13-17-4-8-20(9-5-17)27-22(29)26-14-16-2-6-19(23)7-3-16/h2-12H,13-14H2,1H3,(H,25,28)(H2,26,27,29). The molecule has 0 fully saturated rings. The Balaban J connectivity index is 1.46. The van der Waals surface area contributed by atoms with E-state index in [9.17, 15) is 14.0 Å². The Hall–Kier alpha value is -3.74. The van der Waals surface area contributed by atoms with E-state index < -0.39 is 0 Å². The first-order chi connectivity index (χ1) is 14.0. The van der Waals surface area contributed by atoms with Crippen molar-refractivity contribution in [3.63, 3.8) is 0 Å². The summed E-state index contributed by atoms with van der Waals surface area (Å²) in [7, 11) is 0. The zero-order chi connectivity index (χ0) is 20.6. The van der Waals surface area contributed by atoms with Crippen LogP contribution >= 0.6 is 0 Å². The molecular formula is C22H21FN4O2. The fraction of sp³-hybridized carbons (Fsp3) is 0.136. The van der Waals surface area contributed by atoms with Crippen LogP contribution in [0.3, 0.4) is 0 Å². The number of carbonyl (C=O) groups is 2. The molecule has 3 amide bonds. The van der Waals surface area contributed by atoms with Crippen LogP contribution in [0.2, 0.25) is 0 Å². The van der Waals surface area contributed by atoms with Gasteiger partial charge in [0, 0.05) is 36.2 Å². The van der Waals surface area contributed by atoms with Crippen LogP contribution in [0.25, 0.3) is 0 Å². The van der Waals surface area contributed by atoms with Gasteiger partial charge < -0.3 is 16.0 Å². The third kappa shape index (κ3) is 6.14. The maximum absolute atomic E-state index is 12.9. The van der Waals surface area contributed by atoms with Crippen LogP contribution in [0.5, 0.6) is 0 Å². The number of aryl methyl sites for hydroxylation is 1. The van der Waals surface area contributed by atoms with Crippen LogP contribution < -0.4 is 16.0 Å². The van der Waals surface area contributed by atoms with E-state index in [1.807, 2.05) is 19.1 Å². The Morgan fingerprint density at radius 1 is 0.897 bits per heavy atom. The Kier molecular flexibility index (Phi) is 6.52. The van der Waals surface area contributed by atoms with Crippen LogP contribution in [0.4, 0.5) is 14.9 Å². The van der Waals surface area contributed by atoms with Crippen molar-refractivity contribution in [3.05, 3.63) is 95.1 Å². The molecule has 148 valence electrons. The number of nitrogens with one attached hydrogen (secondary N) is 3. The largest absolute Gasteiger partial charge is 0.348 e. The van der Waals surface area contributed by atoms with Gasteiger partial charge in [0.1, 0.15) is 5.82 Å². The van der Waals surface area contributed by atoms with Gasteiger partial charge >= 0.3 is 6.03 Å². The van der Waals surface area contributed by atoms with Gasteiger partial charge in [-0.25, -0.2) is 9.18 Å². The number of anilines is 1. The first-order valence-corrected chi connectivity index (χ1v) is 9.09. The lowest BCUT2D eigenvalue weighted by Gasteiger charge is -2.09. The van der Waals surface area contributed by atoms with E-state index in [2.05, 4.69) is 20.9 Å². The highest BCUT2D eigenvalue weighted by Crippen LogP contribution is 2.10. The molecule has 2 aromatic carbocycles. The molecule has 0 radical (unpaired) electrons. The summed E-state index contributed by atoms with van der Waals surface area (Å²) in [6.07, 6.45) is 1.60. The third-order valence-corrected chi connectivity index (χ3v) is 4.19. The van der Waals surface area contributed by atoms with E-state index >= 15 is 0 Å². The number of amides is 3. The second-order valence-corrected chi connectivity index (χ2v) is 6.50. The molecular weight excluding hydrogens is 371 g/mol. The molecule has 29 heavy (non-hydrogen) atoms. The summed E-state index contributed by atoms with van der Waals surface area (Å²) in [5, 5.41) is 8.29. The molecule has 0 spiro atoms. The van der Waals surface area contributed by atoms with Crippen LogP contribution in [-0.4, -0.2) is 16.9 Å². The SMILES string of the molecule is Cc1cc(C(=O)NCc2ccc(NC(=O)NCc3ccc(F)cc3)cc2)ccn1. The van der Waals surface area contributed by atoms with E-state index in [1.54, 1.807) is 42.6 Å². The number of urea groups is 1. The lowest BCUT2D eigenvalue weighted by Crippen LogP contribution is -2.28. The summed E-state index contributed by atoms with van der Waals surface area (Å²) >= 11 is 0. The quantitative estimate of drug-likeness (QED) is 0.597. The highest BCUT2D eigenvalue weighted by molar-refractivity contribution is 5.94. The van der Waals surface area contributed by atoms with Crippen molar-refractivity contribution in [2.75, 3.05) is 5.32 Å². The summed E-state index contributed by atoms with van der Waals surface area (Å²) in [5.41, 5.74) is 3.68. The van der Waals surface area contributed by atoms with Gasteiger partial charge in [-0.1, -0.05) is 24.3 Å². The summed E-state index contributed by atoms with van der Waals surface area (Å²) in [5.74, 6) is -0.483. The van der Waals surface area contributed by atoms with Gasteiger partial charge in [0.05, 0.1) is 0 Å². The average molecular weight is 392 g/mol. The third-order valence-electron chi connectivity index (χ3n) is 4.19. The molecule has 3 N–H and O–H groups in total. The number of aromatic nitrogens is 1. The minimum atomic E-state index is -0.358. The molecule has 0 atom stereocenters. The van der Waals surface area contributed by atoms with Crippen LogP contribution in [-0.2, 0) is 13.1 Å². The number of hydrogen-bond donors (Lipinski definition) is 3. The minimum absolute atomic E-state index is 0.169. The smallest absolute Gasteiger partial charge is 0.319 e. The monoisotopic (exact) mass is 392 g/mol. The van der Waals surface area contributed by atoms with E-state index in [0.717, 1.165) is 16.8 Å². The van der Waals surface area contributed by atoms with E-state index in [-0.39, 0.29) is 17.8 Å². The van der Waals surface area contributed by atoms with Crippen molar-refractivity contribution in [1.82, 2.24) is 15.6 Å². The van der Waals surface area contributed by atoms with E-state index in [0.29, 0.717) is 24.3 Å². The van der Waals surface area contributed by atoms with E-state index in [4.69, 9.17) is 0 Å². The van der Waals surface area contributed by atoms with Crippen molar-refractivity contribution >= 4 is 17.6 Å². The zero-order valence-electron chi connectivity index (χ0n) is 15.9. The summed E-state index contributed by atoms with van der Waals surface area (Å²) in [4.78, 5) is 28.2. The molecule has 0 aliphatic rings. The number of nitrogens with zero attached hydrogens (tertiary/aromatic N) is 1. The normalized spacial score (nSPS) is 10.3. The predicted octanol–water partition coefficient (Wildman–Crippen LogP) is 3.78. The van der Waals surface area contributed by atoms with Gasteiger partial charge in [-0.15, -0.1) is 0 Å². The molecule has 1 heterocycles. The molecule has 7 heteroatoms. The summed E-state index contributed by atoms with van der Waals surface area (Å²) < 4.78 is 12.9. The first kappa shape index (κ1) is 20.0. The minimum Gasteiger partial charge on any atom is -0.348 e. The molecule has 0 aliphatic carbocycles. The number of carbonyl (C=O) groups excluding carboxylic acids is 2. The molecule has 3 aromatic rings. The van der Waals surface area contributed by atoms with Crippen molar-refractivity contribution in [1.29, 1.82) is 0 Å². The fourth-order valence-corrected chi connectivity index (χ4v) is 2.64. The number of benzene rings is 2. The maximum atomic E-state index is 12.9. The van der Waals surface area contributed by atoms with Gasteiger partial charge in [-0.3, -0.25) is 9.78 Å². The lowest BCUT2D eigenvalue weighted by atomic mass is 10.2. The average Bonchev–Trinajstić information content (AvgIpc) is 2.72. The molecule has 0 aliphatic heterocycles. The van der Waals surface area contributed by atoms with E-state index in [1.165, 1.54) is 12.1 Å². The Labute approximate surface area is 168 Å². The highest BCUT2D eigenvalue weighted by atomic mass is 19.1. The topological polar surface area (TPSA) is 83.1 Å². The summed E-state index contributed by atoms with van der Waals surface area (Å²) in [6, 6.07) is 16.1. The zero-order valence-corrected chi connectivity index (χ0v) is 15.9. The van der Waals surface area contributed by atoms with Gasteiger partial charge in [0.25, 0.3) is 5.91 Å². The molecule has 0 unspecified atom stereocenters. The second kappa shape index (κ2) is 9.45. The lowest BCUT2D eigenvalue weighted by molar-refractivity contribution is 0.0950. The van der Waals surface area contributed by atoms with Crippen LogP contribution in [0.15, 0.2) is 66.9 Å². The molecule has 6 nitrogen and oxygen atoms in total. The van der Waals surface area contributed by atoms with Crippen LogP contribution in [0, 0.1) is 12.7 Å². The van der Waals surface area contributed by atoms with Gasteiger partial charge in [-0.05, 0) is 54.4 Å². The molecule has 3 rings (SSSR count). The molecule has 0 bridgehead atoms. The molecule has 1 aromatic heterocycles. The Morgan fingerprint density at radius 2 is 1.52 bits per heavy atom. The van der Waals surface area contributed by atoms with Gasteiger partial charge in [0.2, 0.25) is 0 Å². The van der Waals surface area contributed by atoms with Gasteiger partial charge in [0.15, 0.2) is 0 Å². The first-order valence-electron chi connectivity index (χ1n) is 9.09. The van der Waals surface area contributed by atoms with Gasteiger partial charge in [-0.2, -0.15) is 0 Å². The predicted molar refractivity (Wildman–Crippen MR) is 109 cm³/mol. The molecule has 0 saturated heterocycles. The number of halogens is 1. The van der Waals surface area contributed by atoms with Crippen molar-refractivity contribution in [2.45, 2.75) is 20.0 Å². The number of rotatable bonds is 6. The Morgan fingerprint density at radius 3 is 2.17 bits per heavy atom. The fourth-order valence-electron chi connectivity index (χ4n) is 2.64. The number of hydrogen-bond acceptors (Lipinski definition) is 3. The summed E-state index contributed by atoms with van der Waals surface area (Å²) in [6.45, 7) is 2.50. The van der Waals surface area contributed by atoms with Crippen molar-refractivity contribution < 1.29 is 14.0 Å². The van der Waals surface area contributed by atoms with Crippen molar-refractivity contribution in [2.24, 2.45) is 0 Å². The molecule has 0 saturated carbocycles. The second-order valence-electron chi connectivity index (χ2n) is 6.50. The van der Waals surface area contributed by atoms with Crippen LogP contribution in [0.1, 0.15) is 27.2 Å². The van der Waals surface area contributed by atoms with Crippen molar-refractivity contribution in [3.8, 4) is 0 Å². The maximum Gasteiger partial charge on any atom is 0.319 e. The number of pyridine rings is 1.